The van der Waals surface area contributed by atoms with E-state index >= 15 is 0 Å². The summed E-state index contributed by atoms with van der Waals surface area (Å²) < 4.78 is 37.6. The van der Waals surface area contributed by atoms with Crippen LogP contribution in [0.5, 0.6) is 0 Å². The highest BCUT2D eigenvalue weighted by atomic mass is 32.2. The van der Waals surface area contributed by atoms with Crippen LogP contribution in [0.1, 0.15) is 24.7 Å². The SMILES string of the molecule is CCCS(=O)(=O)NC(=NCC[S+]([O-])Cc1[nH]cnc1C)NC. The van der Waals surface area contributed by atoms with Gasteiger partial charge in [0.1, 0.15) is 11.5 Å². The zero-order valence-electron chi connectivity index (χ0n) is 13.0. The predicted octanol–water partition coefficient (Wildman–Crippen LogP) is -0.128. The van der Waals surface area contributed by atoms with Crippen LogP contribution in [0.4, 0.5) is 0 Å². The van der Waals surface area contributed by atoms with Crippen LogP contribution in [0.25, 0.3) is 0 Å². The monoisotopic (exact) mass is 349 g/mol. The van der Waals surface area contributed by atoms with Crippen molar-refractivity contribution in [2.45, 2.75) is 26.0 Å². The third-order valence-electron chi connectivity index (χ3n) is 2.79. The van der Waals surface area contributed by atoms with Gasteiger partial charge in [-0.1, -0.05) is 6.92 Å². The fourth-order valence-corrected chi connectivity index (χ4v) is 3.81. The first kappa shape index (κ1) is 18.8. The van der Waals surface area contributed by atoms with Gasteiger partial charge in [0.2, 0.25) is 16.0 Å². The number of aryl methyl sites for hydroxylation is 1. The number of guanidine groups is 1. The number of hydrogen-bond acceptors (Lipinski definition) is 5. The molecule has 0 bridgehead atoms. The minimum absolute atomic E-state index is 0.0404. The van der Waals surface area contributed by atoms with Crippen molar-refractivity contribution in [1.82, 2.24) is 20.0 Å². The molecule has 22 heavy (non-hydrogen) atoms. The quantitative estimate of drug-likeness (QED) is 0.343. The first-order chi connectivity index (χ1) is 10.4. The summed E-state index contributed by atoms with van der Waals surface area (Å²) in [6.07, 6.45) is 2.10. The molecule has 0 aliphatic rings. The van der Waals surface area contributed by atoms with Gasteiger partial charge in [-0.15, -0.1) is 0 Å². The number of imidazole rings is 1. The zero-order chi connectivity index (χ0) is 16.6. The summed E-state index contributed by atoms with van der Waals surface area (Å²) >= 11 is -1.09. The fraction of sp³-hybridized carbons (Fsp3) is 0.667. The number of aliphatic imine (C=N–C) groups is 1. The van der Waals surface area contributed by atoms with Crippen molar-refractivity contribution >= 4 is 27.2 Å². The summed E-state index contributed by atoms with van der Waals surface area (Å²) in [5.41, 5.74) is 1.68. The number of H-pyrrole nitrogens is 1. The molecule has 0 aliphatic heterocycles. The molecule has 0 amide bonds. The molecule has 8 nitrogen and oxygen atoms in total. The highest BCUT2D eigenvalue weighted by Gasteiger charge is 2.13. The second-order valence-electron chi connectivity index (χ2n) is 4.66. The Balaban J connectivity index is 2.46. The molecule has 126 valence electrons. The van der Waals surface area contributed by atoms with E-state index in [9.17, 15) is 13.0 Å². The molecular formula is C12H23N5O3S2. The lowest BCUT2D eigenvalue weighted by Crippen LogP contribution is -2.40. The van der Waals surface area contributed by atoms with E-state index in [0.29, 0.717) is 17.9 Å². The molecule has 3 N–H and O–H groups in total. The van der Waals surface area contributed by atoms with E-state index in [-0.39, 0.29) is 18.3 Å². The van der Waals surface area contributed by atoms with Gasteiger partial charge in [0, 0.05) is 7.05 Å². The van der Waals surface area contributed by atoms with Crippen LogP contribution in [0.15, 0.2) is 11.3 Å². The number of sulfonamides is 1. The summed E-state index contributed by atoms with van der Waals surface area (Å²) in [7, 11) is -1.79. The molecule has 1 unspecified atom stereocenters. The van der Waals surface area contributed by atoms with E-state index in [0.717, 1.165) is 11.4 Å². The van der Waals surface area contributed by atoms with Crippen LogP contribution in [-0.4, -0.2) is 54.0 Å². The van der Waals surface area contributed by atoms with Gasteiger partial charge in [-0.3, -0.25) is 4.72 Å². The topological polar surface area (TPSA) is 122 Å². The number of rotatable bonds is 8. The summed E-state index contributed by atoms with van der Waals surface area (Å²) in [6.45, 7) is 3.91. The minimum Gasteiger partial charge on any atom is -0.616 e. The van der Waals surface area contributed by atoms with Crippen molar-refractivity contribution in [3.8, 4) is 0 Å². The Bertz CT molecular complexity index is 585. The van der Waals surface area contributed by atoms with Crippen molar-refractivity contribution in [2.75, 3.05) is 25.1 Å². The van der Waals surface area contributed by atoms with Gasteiger partial charge in [0.15, 0.2) is 0 Å². The second-order valence-corrected chi connectivity index (χ2v) is 8.07. The molecule has 1 rings (SSSR count). The lowest BCUT2D eigenvalue weighted by Gasteiger charge is -2.11. The Morgan fingerprint density at radius 2 is 2.27 bits per heavy atom. The zero-order valence-corrected chi connectivity index (χ0v) is 14.7. The normalized spacial score (nSPS) is 13.9. The minimum atomic E-state index is -3.37. The number of aromatic amines is 1. The lowest BCUT2D eigenvalue weighted by molar-refractivity contribution is 0.590. The molecular weight excluding hydrogens is 326 g/mol. The maximum atomic E-state index is 12.0. The van der Waals surface area contributed by atoms with Gasteiger partial charge in [0.05, 0.1) is 30.0 Å². The average molecular weight is 349 g/mol. The first-order valence-electron chi connectivity index (χ1n) is 6.94. The van der Waals surface area contributed by atoms with Crippen LogP contribution < -0.4 is 10.0 Å². The summed E-state index contributed by atoms with van der Waals surface area (Å²) in [5, 5.41) is 2.69. The van der Waals surface area contributed by atoms with Gasteiger partial charge in [-0.05, 0) is 24.5 Å². The first-order valence-corrected chi connectivity index (χ1v) is 10.1. The molecule has 0 spiro atoms. The van der Waals surface area contributed by atoms with Crippen molar-refractivity contribution in [2.24, 2.45) is 4.99 Å². The Morgan fingerprint density at radius 1 is 1.55 bits per heavy atom. The molecule has 0 saturated carbocycles. The van der Waals surface area contributed by atoms with Crippen LogP contribution >= 0.6 is 0 Å². The van der Waals surface area contributed by atoms with Gasteiger partial charge < -0.3 is 14.9 Å². The fourth-order valence-electron chi connectivity index (χ4n) is 1.66. The largest absolute Gasteiger partial charge is 0.616 e. The third kappa shape index (κ3) is 6.67. The Hall–Kier alpha value is -1.26. The predicted molar refractivity (Wildman–Crippen MR) is 88.6 cm³/mol. The van der Waals surface area contributed by atoms with E-state index in [4.69, 9.17) is 0 Å². The number of aromatic nitrogens is 2. The van der Waals surface area contributed by atoms with Crippen molar-refractivity contribution < 1.29 is 13.0 Å². The number of nitrogens with zero attached hydrogens (tertiary/aromatic N) is 2. The van der Waals surface area contributed by atoms with Crippen LogP contribution in [-0.2, 0) is 27.0 Å². The van der Waals surface area contributed by atoms with Crippen molar-refractivity contribution in [1.29, 1.82) is 0 Å². The molecule has 0 saturated heterocycles. The Kier molecular flexibility index (Phi) is 7.69. The molecule has 0 aromatic carbocycles. The summed E-state index contributed by atoms with van der Waals surface area (Å²) in [4.78, 5) is 11.1. The molecule has 1 heterocycles. The number of hydrogen-bond donors (Lipinski definition) is 3. The second kappa shape index (κ2) is 9.01. The van der Waals surface area contributed by atoms with Crippen LogP contribution in [0.2, 0.25) is 0 Å². The maximum Gasteiger partial charge on any atom is 0.234 e. The smallest absolute Gasteiger partial charge is 0.234 e. The van der Waals surface area contributed by atoms with E-state index < -0.39 is 21.2 Å². The van der Waals surface area contributed by atoms with Crippen molar-refractivity contribution in [3.63, 3.8) is 0 Å². The molecule has 0 radical (unpaired) electrons. The van der Waals surface area contributed by atoms with E-state index in [1.165, 1.54) is 0 Å². The molecule has 1 aromatic rings. The Labute approximate surface area is 134 Å². The highest BCUT2D eigenvalue weighted by Crippen LogP contribution is 2.07. The third-order valence-corrected chi connectivity index (χ3v) is 5.49. The summed E-state index contributed by atoms with van der Waals surface area (Å²) in [6, 6.07) is 0. The standard InChI is InChI=1S/C12H23N5O3S2/c1-4-7-22(19,20)17-12(13-3)14-5-6-21(18)8-11-10(2)15-9-16-11/h9H,4-8H2,1-3H3,(H,15,16)(H2,13,14,17). The average Bonchev–Trinajstić information content (AvgIpc) is 2.82. The Morgan fingerprint density at radius 3 is 2.82 bits per heavy atom. The van der Waals surface area contributed by atoms with E-state index in [1.54, 1.807) is 20.3 Å². The molecule has 1 atom stereocenters. The maximum absolute atomic E-state index is 12.0. The number of nitrogens with one attached hydrogen (secondary N) is 3. The van der Waals surface area contributed by atoms with Gasteiger partial charge in [-0.25, -0.2) is 18.4 Å². The molecule has 10 heteroatoms. The molecule has 1 aromatic heterocycles. The highest BCUT2D eigenvalue weighted by molar-refractivity contribution is 7.90. The van der Waals surface area contributed by atoms with E-state index in [1.807, 2.05) is 6.92 Å². The van der Waals surface area contributed by atoms with Crippen LogP contribution in [0, 0.1) is 6.92 Å². The summed E-state index contributed by atoms with van der Waals surface area (Å²) in [5.74, 6) is 0.943. The molecule has 0 aliphatic carbocycles. The lowest BCUT2D eigenvalue weighted by atomic mass is 10.4. The molecule has 0 fully saturated rings. The van der Waals surface area contributed by atoms with Gasteiger partial charge in [-0.2, -0.15) is 0 Å². The van der Waals surface area contributed by atoms with E-state index in [2.05, 4.69) is 25.0 Å². The van der Waals surface area contributed by atoms with Crippen molar-refractivity contribution in [3.05, 3.63) is 17.7 Å². The van der Waals surface area contributed by atoms with Crippen LogP contribution in [0.3, 0.4) is 0 Å². The van der Waals surface area contributed by atoms with Gasteiger partial charge in [0.25, 0.3) is 0 Å². The van der Waals surface area contributed by atoms with Gasteiger partial charge >= 0.3 is 0 Å².